The van der Waals surface area contributed by atoms with Gasteiger partial charge in [-0.25, -0.2) is 0 Å². The number of nitrogens with zero attached hydrogens (tertiary/aromatic N) is 4. The fourth-order valence-electron chi connectivity index (χ4n) is 6.16. The van der Waals surface area contributed by atoms with Gasteiger partial charge in [0.15, 0.2) is 5.11 Å². The number of hydrogen-bond acceptors (Lipinski definition) is 3. The monoisotopic (exact) mass is 519 g/mol. The zero-order chi connectivity index (χ0) is 24.6. The molecule has 2 aromatic heterocycles. The van der Waals surface area contributed by atoms with Gasteiger partial charge in [-0.05, 0) is 85.8 Å². The van der Waals surface area contributed by atoms with E-state index in [4.69, 9.17) is 28.8 Å². The lowest BCUT2D eigenvalue weighted by molar-refractivity contribution is 0.438. The minimum absolute atomic E-state index is 0.00666. The van der Waals surface area contributed by atoms with E-state index in [0.717, 1.165) is 41.1 Å². The van der Waals surface area contributed by atoms with E-state index >= 15 is 0 Å². The minimum atomic E-state index is -0.0415. The van der Waals surface area contributed by atoms with Crippen LogP contribution in [0, 0.1) is 5.92 Å². The summed E-state index contributed by atoms with van der Waals surface area (Å²) in [6.07, 6.45) is 14.0. The highest BCUT2D eigenvalue weighted by Gasteiger charge is 2.41. The molecule has 3 fully saturated rings. The van der Waals surface area contributed by atoms with Gasteiger partial charge in [-0.1, -0.05) is 37.4 Å². The van der Waals surface area contributed by atoms with Gasteiger partial charge in [0.1, 0.15) is 0 Å². The third-order valence-electron chi connectivity index (χ3n) is 8.26. The first kappa shape index (κ1) is 23.8. The Morgan fingerprint density at radius 2 is 1.83 bits per heavy atom. The van der Waals surface area contributed by atoms with E-state index in [1.54, 1.807) is 0 Å². The van der Waals surface area contributed by atoms with Crippen molar-refractivity contribution in [2.45, 2.75) is 63.6 Å². The predicted octanol–water partition coefficient (Wildman–Crippen LogP) is 7.07. The molecule has 3 aromatic rings. The molecule has 6 rings (SSSR count). The van der Waals surface area contributed by atoms with Crippen molar-refractivity contribution in [3.63, 3.8) is 0 Å². The van der Waals surface area contributed by atoms with Gasteiger partial charge in [0.25, 0.3) is 0 Å². The molecule has 0 unspecified atom stereocenters. The molecule has 0 radical (unpaired) electrons. The molecule has 7 heteroatoms. The number of benzene rings is 1. The quantitative estimate of drug-likeness (QED) is 0.365. The second-order valence-corrected chi connectivity index (χ2v) is 11.4. The summed E-state index contributed by atoms with van der Waals surface area (Å²) < 4.78 is 2.41. The van der Waals surface area contributed by atoms with Crippen LogP contribution < -0.4 is 15.1 Å². The van der Waals surface area contributed by atoms with Crippen LogP contribution in [-0.2, 0) is 0 Å². The van der Waals surface area contributed by atoms with Gasteiger partial charge >= 0.3 is 0 Å². The number of rotatable bonds is 5. The Kier molecular flexibility index (Phi) is 6.65. The summed E-state index contributed by atoms with van der Waals surface area (Å²) in [5.74, 6) is 0.785. The Bertz CT molecular complexity index is 1210. The fourth-order valence-corrected chi connectivity index (χ4v) is 6.80. The van der Waals surface area contributed by atoms with E-state index in [1.165, 1.54) is 44.1 Å². The maximum Gasteiger partial charge on any atom is 0.174 e. The molecule has 0 amide bonds. The maximum absolute atomic E-state index is 6.91. The van der Waals surface area contributed by atoms with E-state index in [9.17, 15) is 0 Å². The lowest BCUT2D eigenvalue weighted by Crippen LogP contribution is -2.33. The molecule has 3 aliphatic rings. The van der Waals surface area contributed by atoms with Crippen molar-refractivity contribution in [1.29, 1.82) is 0 Å². The van der Waals surface area contributed by atoms with Crippen molar-refractivity contribution in [2.24, 2.45) is 5.92 Å². The lowest BCUT2D eigenvalue weighted by Gasteiger charge is -2.33. The molecule has 1 aromatic carbocycles. The zero-order valence-corrected chi connectivity index (χ0v) is 22.4. The lowest BCUT2D eigenvalue weighted by atomic mass is 9.98. The summed E-state index contributed by atoms with van der Waals surface area (Å²) in [6.45, 7) is 4.45. The molecule has 1 N–H and O–H groups in total. The maximum atomic E-state index is 6.91. The Labute approximate surface area is 224 Å². The summed E-state index contributed by atoms with van der Waals surface area (Å²) in [7, 11) is 0. The Morgan fingerprint density at radius 3 is 2.56 bits per heavy atom. The van der Waals surface area contributed by atoms with Crippen LogP contribution in [0.15, 0.2) is 61.1 Å². The molecular formula is C29H34ClN5S. The zero-order valence-electron chi connectivity index (χ0n) is 20.8. The van der Waals surface area contributed by atoms with Gasteiger partial charge in [0.2, 0.25) is 0 Å². The van der Waals surface area contributed by atoms with Gasteiger partial charge in [-0.3, -0.25) is 4.98 Å². The van der Waals surface area contributed by atoms with Gasteiger partial charge in [-0.2, -0.15) is 0 Å². The van der Waals surface area contributed by atoms with E-state index in [2.05, 4.69) is 69.3 Å². The molecule has 0 spiro atoms. The van der Waals surface area contributed by atoms with Gasteiger partial charge < -0.3 is 19.7 Å². The number of halogens is 1. The Balaban J connectivity index is 1.35. The van der Waals surface area contributed by atoms with Crippen LogP contribution in [0.25, 0.3) is 0 Å². The molecule has 2 atom stereocenters. The van der Waals surface area contributed by atoms with Crippen molar-refractivity contribution >= 4 is 40.3 Å². The summed E-state index contributed by atoms with van der Waals surface area (Å²) in [6, 6.07) is 15.3. The van der Waals surface area contributed by atoms with Gasteiger partial charge in [0, 0.05) is 43.4 Å². The standard InChI is InChI=1S/C29H34ClN5S/c1-20-11-15-33(16-12-20)26-10-9-23(18-24(26)30)35-28(21-13-17-34(19-21)22-6-2-3-7-22)27(32-29(35)36)25-8-4-5-14-31-25/h4-5,8-10,13-14,17-20,22,27-28H,2-3,6-7,11-12,15-16H2,1H3,(H,32,36)/t27-,28-/m0/s1. The molecular weight excluding hydrogens is 486 g/mol. The molecule has 1 aliphatic carbocycles. The molecule has 2 aliphatic heterocycles. The molecule has 2 saturated heterocycles. The molecule has 5 nitrogen and oxygen atoms in total. The first-order chi connectivity index (χ1) is 17.6. The highest BCUT2D eigenvalue weighted by molar-refractivity contribution is 7.80. The van der Waals surface area contributed by atoms with Crippen molar-refractivity contribution in [3.05, 3.63) is 77.3 Å². The number of anilines is 2. The summed E-state index contributed by atoms with van der Waals surface area (Å²) in [5.41, 5.74) is 4.38. The van der Waals surface area contributed by atoms with Crippen molar-refractivity contribution in [2.75, 3.05) is 22.9 Å². The minimum Gasteiger partial charge on any atom is -0.370 e. The average molecular weight is 520 g/mol. The van der Waals surface area contributed by atoms with Crippen LogP contribution in [-0.4, -0.2) is 27.8 Å². The van der Waals surface area contributed by atoms with E-state index in [-0.39, 0.29) is 12.1 Å². The number of piperidine rings is 1. The van der Waals surface area contributed by atoms with Crippen LogP contribution in [0.4, 0.5) is 11.4 Å². The first-order valence-corrected chi connectivity index (χ1v) is 14.1. The topological polar surface area (TPSA) is 36.3 Å². The number of hydrogen-bond donors (Lipinski definition) is 1. The average Bonchev–Trinajstić information content (AvgIpc) is 3.65. The second kappa shape index (κ2) is 10.1. The number of nitrogens with one attached hydrogen (secondary N) is 1. The highest BCUT2D eigenvalue weighted by Crippen LogP contribution is 2.44. The summed E-state index contributed by atoms with van der Waals surface area (Å²) >= 11 is 12.8. The van der Waals surface area contributed by atoms with Crippen LogP contribution >= 0.6 is 23.8 Å². The number of thiocarbonyl (C=S) groups is 1. The second-order valence-electron chi connectivity index (χ2n) is 10.6. The fraction of sp³-hybridized carbons (Fsp3) is 0.448. The smallest absolute Gasteiger partial charge is 0.174 e. The summed E-state index contributed by atoms with van der Waals surface area (Å²) in [4.78, 5) is 9.35. The third kappa shape index (κ3) is 4.50. The van der Waals surface area contributed by atoms with Gasteiger partial charge in [0.05, 0.1) is 28.5 Å². The van der Waals surface area contributed by atoms with Crippen molar-refractivity contribution < 1.29 is 0 Å². The largest absolute Gasteiger partial charge is 0.370 e. The van der Waals surface area contributed by atoms with Crippen molar-refractivity contribution in [1.82, 2.24) is 14.9 Å². The predicted molar refractivity (Wildman–Crippen MR) is 152 cm³/mol. The van der Waals surface area contributed by atoms with Gasteiger partial charge in [-0.15, -0.1) is 0 Å². The third-order valence-corrected chi connectivity index (χ3v) is 8.87. The first-order valence-electron chi connectivity index (χ1n) is 13.3. The van der Waals surface area contributed by atoms with Crippen LogP contribution in [0.5, 0.6) is 0 Å². The number of aromatic nitrogens is 2. The molecule has 1 saturated carbocycles. The molecule has 36 heavy (non-hydrogen) atoms. The van der Waals surface area contributed by atoms with Crippen LogP contribution in [0.3, 0.4) is 0 Å². The molecule has 188 valence electrons. The van der Waals surface area contributed by atoms with Crippen LogP contribution in [0.1, 0.15) is 74.8 Å². The van der Waals surface area contributed by atoms with E-state index in [0.29, 0.717) is 11.2 Å². The highest BCUT2D eigenvalue weighted by atomic mass is 35.5. The molecule has 4 heterocycles. The normalized spacial score (nSPS) is 23.4. The number of pyridine rings is 1. The SMILES string of the molecule is CC1CCN(c2ccc(N3C(=S)N[C@@H](c4ccccn4)[C@@H]3c3ccn(C4CCCC4)c3)cc2Cl)CC1. The van der Waals surface area contributed by atoms with Crippen LogP contribution in [0.2, 0.25) is 5.02 Å². The summed E-state index contributed by atoms with van der Waals surface area (Å²) in [5, 5.41) is 5.07. The Hall–Kier alpha value is -2.57. The van der Waals surface area contributed by atoms with E-state index in [1.807, 2.05) is 18.3 Å². The molecule has 0 bridgehead atoms. The Morgan fingerprint density at radius 1 is 1.03 bits per heavy atom. The van der Waals surface area contributed by atoms with Crippen molar-refractivity contribution in [3.8, 4) is 0 Å². The van der Waals surface area contributed by atoms with E-state index < -0.39 is 0 Å².